The maximum Gasteiger partial charge on any atom is 0.0804 e. The number of pyridine rings is 1. The normalized spacial score (nSPS) is 11.8. The van der Waals surface area contributed by atoms with Gasteiger partial charge in [0.1, 0.15) is 0 Å². The third kappa shape index (κ3) is 2.49. The van der Waals surface area contributed by atoms with Crippen LogP contribution in [0, 0.1) is 0 Å². The Bertz CT molecular complexity index is 784. The fourth-order valence-electron chi connectivity index (χ4n) is 2.51. The molecule has 0 amide bonds. The number of benzene rings is 2. The summed E-state index contributed by atoms with van der Waals surface area (Å²) in [4.78, 5) is 4.90. The molecule has 0 aliphatic heterocycles. The van der Waals surface area contributed by atoms with Gasteiger partial charge in [0, 0.05) is 27.7 Å². The first-order valence-electron chi connectivity index (χ1n) is 7.22. The van der Waals surface area contributed by atoms with Gasteiger partial charge in [-0.15, -0.1) is 0 Å². The summed E-state index contributed by atoms with van der Waals surface area (Å²) in [5, 5.41) is 1.02. The van der Waals surface area contributed by atoms with Gasteiger partial charge in [-0.05, 0) is 11.6 Å². The number of para-hydroxylation sites is 1. The van der Waals surface area contributed by atoms with Crippen LogP contribution < -0.4 is 5.73 Å². The molecule has 1 heterocycles. The summed E-state index contributed by atoms with van der Waals surface area (Å²) in [7, 11) is 0. The lowest BCUT2D eigenvalue weighted by molar-refractivity contribution is 0.572. The second-order valence-electron chi connectivity index (χ2n) is 6.41. The van der Waals surface area contributed by atoms with Crippen LogP contribution in [0.15, 0.2) is 54.6 Å². The van der Waals surface area contributed by atoms with Crippen molar-refractivity contribution in [2.24, 2.45) is 0 Å². The van der Waals surface area contributed by atoms with Crippen LogP contribution in [-0.2, 0) is 5.41 Å². The molecule has 2 nitrogen and oxygen atoms in total. The Morgan fingerprint density at radius 1 is 0.905 bits per heavy atom. The van der Waals surface area contributed by atoms with E-state index in [9.17, 15) is 0 Å². The van der Waals surface area contributed by atoms with Gasteiger partial charge in [0.2, 0.25) is 0 Å². The van der Waals surface area contributed by atoms with Crippen molar-refractivity contribution in [3.63, 3.8) is 0 Å². The summed E-state index contributed by atoms with van der Waals surface area (Å²) in [5.74, 6) is 0. The zero-order chi connectivity index (χ0) is 15.0. The molecule has 3 rings (SSSR count). The Hall–Kier alpha value is -2.35. The molecule has 0 unspecified atom stereocenters. The smallest absolute Gasteiger partial charge is 0.0804 e. The molecule has 0 aliphatic carbocycles. The van der Waals surface area contributed by atoms with E-state index in [-0.39, 0.29) is 5.41 Å². The van der Waals surface area contributed by atoms with E-state index in [0.717, 1.165) is 27.8 Å². The van der Waals surface area contributed by atoms with Crippen LogP contribution in [0.5, 0.6) is 0 Å². The molecule has 3 aromatic rings. The Morgan fingerprint density at radius 2 is 1.62 bits per heavy atom. The monoisotopic (exact) mass is 276 g/mol. The molecule has 2 aromatic carbocycles. The molecular formula is C19H20N2. The van der Waals surface area contributed by atoms with E-state index in [2.05, 4.69) is 39.0 Å². The molecule has 0 radical (unpaired) electrons. The Morgan fingerprint density at radius 3 is 2.29 bits per heavy atom. The minimum atomic E-state index is -0.0217. The number of rotatable bonds is 1. The van der Waals surface area contributed by atoms with E-state index >= 15 is 0 Å². The molecule has 1 aromatic heterocycles. The van der Waals surface area contributed by atoms with E-state index in [0.29, 0.717) is 0 Å². The summed E-state index contributed by atoms with van der Waals surface area (Å²) < 4.78 is 0. The number of nitrogens with two attached hydrogens (primary N) is 1. The van der Waals surface area contributed by atoms with Gasteiger partial charge in [-0.2, -0.15) is 0 Å². The lowest BCUT2D eigenvalue weighted by atomic mass is 9.90. The molecule has 0 saturated carbocycles. The highest BCUT2D eigenvalue weighted by Crippen LogP contribution is 2.33. The molecule has 2 heteroatoms. The SMILES string of the molecule is CC(C)(C)c1cc(N)c2cccc(-c3ccccc3)c2n1. The first kappa shape index (κ1) is 13.6. The van der Waals surface area contributed by atoms with Crippen LogP contribution in [-0.4, -0.2) is 4.98 Å². The van der Waals surface area contributed by atoms with E-state index in [1.807, 2.05) is 36.4 Å². The number of hydrogen-bond donors (Lipinski definition) is 1. The first-order chi connectivity index (χ1) is 9.97. The largest absolute Gasteiger partial charge is 0.398 e. The van der Waals surface area contributed by atoms with Crippen LogP contribution in [0.3, 0.4) is 0 Å². The first-order valence-corrected chi connectivity index (χ1v) is 7.22. The summed E-state index contributed by atoms with van der Waals surface area (Å²) >= 11 is 0. The Balaban J connectivity index is 2.34. The zero-order valence-electron chi connectivity index (χ0n) is 12.7. The molecule has 0 atom stereocenters. The average molecular weight is 276 g/mol. The van der Waals surface area contributed by atoms with E-state index in [1.54, 1.807) is 0 Å². The van der Waals surface area contributed by atoms with Crippen molar-refractivity contribution in [3.05, 3.63) is 60.3 Å². The van der Waals surface area contributed by atoms with Gasteiger partial charge in [-0.3, -0.25) is 4.98 Å². The highest BCUT2D eigenvalue weighted by Gasteiger charge is 2.18. The molecule has 0 aliphatic rings. The highest BCUT2D eigenvalue weighted by molar-refractivity contribution is 5.99. The molecule has 2 N–H and O–H groups in total. The maximum absolute atomic E-state index is 6.26. The van der Waals surface area contributed by atoms with Gasteiger partial charge in [-0.1, -0.05) is 69.3 Å². The number of hydrogen-bond acceptors (Lipinski definition) is 2. The second kappa shape index (κ2) is 4.88. The molecule has 0 saturated heterocycles. The van der Waals surface area contributed by atoms with Crippen molar-refractivity contribution >= 4 is 16.6 Å². The van der Waals surface area contributed by atoms with E-state index in [4.69, 9.17) is 10.7 Å². The molecular weight excluding hydrogens is 256 g/mol. The fourth-order valence-corrected chi connectivity index (χ4v) is 2.51. The predicted molar refractivity (Wildman–Crippen MR) is 90.3 cm³/mol. The maximum atomic E-state index is 6.26. The minimum absolute atomic E-state index is 0.0217. The van der Waals surface area contributed by atoms with Crippen molar-refractivity contribution in [2.45, 2.75) is 26.2 Å². The van der Waals surface area contributed by atoms with Gasteiger partial charge in [-0.25, -0.2) is 0 Å². The second-order valence-corrected chi connectivity index (χ2v) is 6.41. The molecule has 106 valence electrons. The minimum Gasteiger partial charge on any atom is -0.398 e. The zero-order valence-corrected chi connectivity index (χ0v) is 12.7. The van der Waals surface area contributed by atoms with Crippen molar-refractivity contribution in [2.75, 3.05) is 5.73 Å². The summed E-state index contributed by atoms with van der Waals surface area (Å²) in [6, 6.07) is 18.5. The van der Waals surface area contributed by atoms with Crippen LogP contribution in [0.2, 0.25) is 0 Å². The summed E-state index contributed by atoms with van der Waals surface area (Å²) in [5.41, 5.74) is 11.3. The van der Waals surface area contributed by atoms with Gasteiger partial charge < -0.3 is 5.73 Å². The predicted octanol–water partition coefficient (Wildman–Crippen LogP) is 4.78. The average Bonchev–Trinajstić information content (AvgIpc) is 2.46. The van der Waals surface area contributed by atoms with Gasteiger partial charge in [0.05, 0.1) is 5.52 Å². The highest BCUT2D eigenvalue weighted by atomic mass is 14.7. The molecule has 0 spiro atoms. The topological polar surface area (TPSA) is 38.9 Å². The number of nitrogens with zero attached hydrogens (tertiary/aromatic N) is 1. The van der Waals surface area contributed by atoms with Gasteiger partial charge in [0.25, 0.3) is 0 Å². The Labute approximate surface area is 125 Å². The third-order valence-electron chi connectivity index (χ3n) is 3.72. The fraction of sp³-hybridized carbons (Fsp3) is 0.211. The molecule has 21 heavy (non-hydrogen) atoms. The quantitative estimate of drug-likeness (QED) is 0.694. The Kier molecular flexibility index (Phi) is 3.17. The van der Waals surface area contributed by atoms with E-state index in [1.165, 1.54) is 5.56 Å². The number of nitrogen functional groups attached to an aromatic ring is 1. The van der Waals surface area contributed by atoms with Crippen molar-refractivity contribution in [1.29, 1.82) is 0 Å². The number of aromatic nitrogens is 1. The molecule has 0 fully saturated rings. The van der Waals surface area contributed by atoms with Crippen molar-refractivity contribution in [3.8, 4) is 11.1 Å². The molecule has 0 bridgehead atoms. The number of fused-ring (bicyclic) bond motifs is 1. The van der Waals surface area contributed by atoms with E-state index < -0.39 is 0 Å². The van der Waals surface area contributed by atoms with Gasteiger partial charge >= 0.3 is 0 Å². The van der Waals surface area contributed by atoms with Crippen LogP contribution in [0.4, 0.5) is 5.69 Å². The number of anilines is 1. The van der Waals surface area contributed by atoms with Crippen LogP contribution in [0.25, 0.3) is 22.0 Å². The lowest BCUT2D eigenvalue weighted by Crippen LogP contribution is -2.14. The standard InChI is InChI=1S/C19H20N2/c1-19(2,3)17-12-16(20)15-11-7-10-14(18(15)21-17)13-8-5-4-6-9-13/h4-12H,1-3H3,(H2,20,21). The summed E-state index contributed by atoms with van der Waals surface area (Å²) in [6.45, 7) is 6.48. The van der Waals surface area contributed by atoms with Crippen LogP contribution in [0.1, 0.15) is 26.5 Å². The van der Waals surface area contributed by atoms with Crippen LogP contribution >= 0.6 is 0 Å². The summed E-state index contributed by atoms with van der Waals surface area (Å²) in [6.07, 6.45) is 0. The van der Waals surface area contributed by atoms with Crippen molar-refractivity contribution in [1.82, 2.24) is 4.98 Å². The van der Waals surface area contributed by atoms with Crippen molar-refractivity contribution < 1.29 is 0 Å². The lowest BCUT2D eigenvalue weighted by Gasteiger charge is -2.20. The van der Waals surface area contributed by atoms with Gasteiger partial charge in [0.15, 0.2) is 0 Å². The third-order valence-corrected chi connectivity index (χ3v) is 3.72.